The Kier molecular flexibility index (Phi) is 11.9. The first-order chi connectivity index (χ1) is 19.6. The summed E-state index contributed by atoms with van der Waals surface area (Å²) in [6.07, 6.45) is 7.61. The van der Waals surface area contributed by atoms with Gasteiger partial charge >= 0.3 is 17.6 Å². The number of nitrogens with one attached hydrogen (secondary N) is 1. The predicted octanol–water partition coefficient (Wildman–Crippen LogP) is 3.94. The van der Waals surface area contributed by atoms with Gasteiger partial charge in [0.2, 0.25) is 6.23 Å². The smallest absolute Gasteiger partial charge is 0.354 e. The molecule has 0 radical (unpaired) electrons. The number of aliphatic hydroxyl groups excluding tert-OH is 2. The maximum absolute atomic E-state index is 14.4. The second kappa shape index (κ2) is 15.1. The van der Waals surface area contributed by atoms with Crippen molar-refractivity contribution in [1.82, 2.24) is 14.5 Å². The quantitative estimate of drug-likeness (QED) is 0.215. The van der Waals surface area contributed by atoms with E-state index in [0.29, 0.717) is 16.6 Å². The fraction of sp³-hybridized carbons (Fsp3) is 0.607. The van der Waals surface area contributed by atoms with Crippen molar-refractivity contribution in [2.24, 2.45) is 0 Å². The molecule has 0 aliphatic carbocycles. The second-order valence-corrected chi connectivity index (χ2v) is 10.3. The lowest BCUT2D eigenvalue weighted by Gasteiger charge is -2.21. The zero-order chi connectivity index (χ0) is 30.0. The van der Waals surface area contributed by atoms with Crippen LogP contribution in [0, 0.1) is 0 Å². The summed E-state index contributed by atoms with van der Waals surface area (Å²) in [6, 6.07) is 2.53. The van der Waals surface area contributed by atoms with Crippen LogP contribution in [0.1, 0.15) is 104 Å². The van der Waals surface area contributed by atoms with Gasteiger partial charge in [0.05, 0.1) is 12.2 Å². The van der Waals surface area contributed by atoms with E-state index < -0.39 is 48.5 Å². The van der Waals surface area contributed by atoms with E-state index in [0.717, 1.165) is 44.1 Å². The summed E-state index contributed by atoms with van der Waals surface area (Å²) in [5, 5.41) is 30.7. The minimum absolute atomic E-state index is 0.0441. The number of aryl methyl sites for hydroxylation is 1. The van der Waals surface area contributed by atoms with Crippen molar-refractivity contribution in [3.8, 4) is 0 Å². The summed E-state index contributed by atoms with van der Waals surface area (Å²) < 4.78 is 34.2. The average Bonchev–Trinajstić information content (AvgIpc) is 3.17. The summed E-state index contributed by atoms with van der Waals surface area (Å²) in [4.78, 5) is 44.5. The Morgan fingerprint density at radius 2 is 1.73 bits per heavy atom. The molecule has 1 aliphatic heterocycles. The average molecular weight is 581 g/mol. The highest BCUT2D eigenvalue weighted by molar-refractivity contribution is 6.04. The molecule has 1 amide bonds. The number of pyridine rings is 1. The number of carbonyl (C=O) groups is 2. The molecule has 1 fully saturated rings. The summed E-state index contributed by atoms with van der Waals surface area (Å²) in [5.74, 6) is -6.04. The Morgan fingerprint density at radius 3 is 2.29 bits per heavy atom. The van der Waals surface area contributed by atoms with Crippen LogP contribution in [0.15, 0.2) is 29.3 Å². The molecule has 3 heterocycles. The number of rotatable bonds is 16. The molecular formula is C28H38F2N4O7. The van der Waals surface area contributed by atoms with Gasteiger partial charge in [-0.2, -0.15) is 13.8 Å². The first-order valence-corrected chi connectivity index (χ1v) is 14.0. The number of alkyl halides is 2. The van der Waals surface area contributed by atoms with E-state index in [1.54, 1.807) is 0 Å². The van der Waals surface area contributed by atoms with Crippen LogP contribution in [-0.2, 0) is 11.2 Å². The van der Waals surface area contributed by atoms with Gasteiger partial charge in [0, 0.05) is 12.4 Å². The lowest BCUT2D eigenvalue weighted by atomic mass is 10.0. The molecule has 3 rings (SSSR count). The molecule has 1 aliphatic rings. The number of carbonyl (C=O) groups excluding carboxylic acids is 1. The molecule has 226 valence electrons. The molecule has 2 aromatic rings. The number of aromatic nitrogens is 3. The third-order valence-electron chi connectivity index (χ3n) is 7.11. The fourth-order valence-corrected chi connectivity index (χ4v) is 4.79. The number of aromatic carboxylic acids is 1. The van der Waals surface area contributed by atoms with E-state index in [1.807, 2.05) is 0 Å². The summed E-state index contributed by atoms with van der Waals surface area (Å²) in [6.45, 7) is 1.31. The molecule has 0 unspecified atom stereocenters. The lowest BCUT2D eigenvalue weighted by molar-refractivity contribution is -0.140. The fourth-order valence-electron chi connectivity index (χ4n) is 4.79. The molecule has 0 bridgehead atoms. The Morgan fingerprint density at radius 1 is 1.10 bits per heavy atom. The first-order valence-electron chi connectivity index (χ1n) is 14.0. The number of nitrogens with zero attached hydrogens (tertiary/aromatic N) is 3. The third-order valence-corrected chi connectivity index (χ3v) is 7.11. The predicted molar refractivity (Wildman–Crippen MR) is 145 cm³/mol. The van der Waals surface area contributed by atoms with Crippen LogP contribution in [0.25, 0.3) is 0 Å². The van der Waals surface area contributed by atoms with Crippen LogP contribution in [0.3, 0.4) is 0 Å². The number of carboxylic acid groups (broad SMARTS) is 1. The van der Waals surface area contributed by atoms with Gasteiger partial charge < -0.3 is 25.4 Å². The van der Waals surface area contributed by atoms with Crippen LogP contribution in [0.2, 0.25) is 0 Å². The van der Waals surface area contributed by atoms with Crippen LogP contribution < -0.4 is 11.0 Å². The summed E-state index contributed by atoms with van der Waals surface area (Å²) in [7, 11) is 0. The summed E-state index contributed by atoms with van der Waals surface area (Å²) in [5.41, 5.74) is -0.869. The normalized spacial score (nSPS) is 19.8. The zero-order valence-electron chi connectivity index (χ0n) is 23.1. The molecule has 1 saturated heterocycles. The number of anilines is 1. The van der Waals surface area contributed by atoms with E-state index in [4.69, 9.17) is 9.84 Å². The van der Waals surface area contributed by atoms with Crippen molar-refractivity contribution in [1.29, 1.82) is 0 Å². The number of unbranched alkanes of at least 4 members (excludes halogenated alkanes) is 9. The van der Waals surface area contributed by atoms with Gasteiger partial charge in [-0.3, -0.25) is 9.36 Å². The number of hydrogen-bond donors (Lipinski definition) is 4. The molecule has 4 N–H and O–H groups in total. The second-order valence-electron chi connectivity index (χ2n) is 10.3. The number of halogens is 2. The van der Waals surface area contributed by atoms with Crippen LogP contribution >= 0.6 is 0 Å². The van der Waals surface area contributed by atoms with E-state index in [1.165, 1.54) is 44.6 Å². The van der Waals surface area contributed by atoms with Crippen LogP contribution in [0.5, 0.6) is 0 Å². The van der Waals surface area contributed by atoms with E-state index >= 15 is 0 Å². The van der Waals surface area contributed by atoms with Gasteiger partial charge in [-0.25, -0.2) is 14.6 Å². The molecular weight excluding hydrogens is 542 g/mol. The van der Waals surface area contributed by atoms with E-state index in [2.05, 4.69) is 22.2 Å². The highest BCUT2D eigenvalue weighted by atomic mass is 19.3. The molecule has 3 atom stereocenters. The minimum atomic E-state index is -3.87. The summed E-state index contributed by atoms with van der Waals surface area (Å²) >= 11 is 0. The molecule has 13 heteroatoms. The Hall–Kier alpha value is -3.29. The van der Waals surface area contributed by atoms with Crippen molar-refractivity contribution < 1.29 is 38.4 Å². The number of amides is 1. The molecule has 41 heavy (non-hydrogen) atoms. The number of aliphatic hydroxyl groups is 2. The Balaban J connectivity index is 1.60. The van der Waals surface area contributed by atoms with Gasteiger partial charge in [0.25, 0.3) is 5.91 Å². The zero-order valence-corrected chi connectivity index (χ0v) is 23.1. The molecule has 11 nitrogen and oxygen atoms in total. The largest absolute Gasteiger partial charge is 0.477 e. The molecule has 0 aromatic carbocycles. The highest BCUT2D eigenvalue weighted by Gasteiger charge is 2.59. The van der Waals surface area contributed by atoms with Gasteiger partial charge in [-0.05, 0) is 30.5 Å². The molecule has 2 aromatic heterocycles. The maximum atomic E-state index is 14.4. The number of hydrogen-bond acceptors (Lipinski definition) is 8. The Bertz CT molecular complexity index is 1240. The maximum Gasteiger partial charge on any atom is 0.354 e. The monoisotopic (exact) mass is 580 g/mol. The van der Waals surface area contributed by atoms with E-state index in [9.17, 15) is 33.4 Å². The van der Waals surface area contributed by atoms with Crippen molar-refractivity contribution >= 4 is 17.7 Å². The number of ether oxygens (including phenoxy) is 1. The van der Waals surface area contributed by atoms with Crippen molar-refractivity contribution in [3.05, 3.63) is 51.8 Å². The minimum Gasteiger partial charge on any atom is -0.477 e. The van der Waals surface area contributed by atoms with Crippen molar-refractivity contribution in [3.63, 3.8) is 0 Å². The molecule has 0 saturated carbocycles. The lowest BCUT2D eigenvalue weighted by Crippen LogP contribution is -2.41. The molecule has 0 spiro atoms. The van der Waals surface area contributed by atoms with E-state index in [-0.39, 0.29) is 17.1 Å². The van der Waals surface area contributed by atoms with Gasteiger partial charge in [-0.15, -0.1) is 0 Å². The SMILES string of the molecule is CCCCCCCCCCCCc1cc(C(=O)Nc2ccn([C@@H]3O[C@H](CO)[C@@H](O)C3(F)F)c(=O)n2)cnc1C(=O)O. The number of carboxylic acids is 1. The Labute approximate surface area is 236 Å². The van der Waals surface area contributed by atoms with Crippen LogP contribution in [0.4, 0.5) is 14.6 Å². The third kappa shape index (κ3) is 8.37. The van der Waals surface area contributed by atoms with Gasteiger partial charge in [0.1, 0.15) is 11.9 Å². The topological polar surface area (TPSA) is 164 Å². The van der Waals surface area contributed by atoms with Gasteiger partial charge in [-0.1, -0.05) is 64.7 Å². The van der Waals surface area contributed by atoms with Crippen molar-refractivity contribution in [2.45, 2.75) is 102 Å². The van der Waals surface area contributed by atoms with Crippen molar-refractivity contribution in [2.75, 3.05) is 11.9 Å². The standard InChI is InChI=1S/C28H38F2N4O7/c1-2-3-4-5-6-7-8-9-10-11-12-18-15-19(16-31-22(18)25(38)39)24(37)32-21-13-14-34(27(40)33-21)26-28(29,30)23(36)20(17-35)41-26/h13-16,20,23,26,35-36H,2-12,17H2,1H3,(H,38,39)(H,32,33,37,40)/t20-,23-,26-/m1/s1. The van der Waals surface area contributed by atoms with Gasteiger partial charge in [0.15, 0.2) is 11.8 Å². The first kappa shape index (κ1) is 32.2. The highest BCUT2D eigenvalue weighted by Crippen LogP contribution is 2.42. The van der Waals surface area contributed by atoms with Crippen LogP contribution in [-0.4, -0.2) is 66.5 Å².